The molecule has 88 valence electrons. The molecule has 0 atom stereocenters. The lowest BCUT2D eigenvalue weighted by Gasteiger charge is -1.97. The van der Waals surface area contributed by atoms with Gasteiger partial charge in [0.15, 0.2) is 0 Å². The number of aromatic nitrogens is 1. The molecule has 0 saturated carbocycles. The van der Waals surface area contributed by atoms with Gasteiger partial charge in [-0.15, -0.1) is 11.6 Å². The number of oxazole rings is 1. The van der Waals surface area contributed by atoms with Gasteiger partial charge in [-0.3, -0.25) is 10.1 Å². The molecule has 2 rings (SSSR count). The first kappa shape index (κ1) is 11.5. The Labute approximate surface area is 100.0 Å². The Hall–Kier alpha value is -1.95. The summed E-state index contributed by atoms with van der Waals surface area (Å²) in [6, 6.07) is 3.25. The maximum absolute atomic E-state index is 13.6. The predicted molar refractivity (Wildman–Crippen MR) is 58.1 cm³/mol. The van der Waals surface area contributed by atoms with E-state index in [0.717, 1.165) is 6.07 Å². The molecule has 0 aliphatic rings. The van der Waals surface area contributed by atoms with E-state index in [9.17, 15) is 14.5 Å². The molecule has 0 bridgehead atoms. The quantitative estimate of drug-likeness (QED) is 0.481. The summed E-state index contributed by atoms with van der Waals surface area (Å²) in [5, 5.41) is 10.4. The average molecular weight is 257 g/mol. The number of halogens is 2. The summed E-state index contributed by atoms with van der Waals surface area (Å²) >= 11 is 5.53. The molecule has 5 nitrogen and oxygen atoms in total. The number of hydrogen-bond acceptors (Lipinski definition) is 4. The third-order valence-electron chi connectivity index (χ3n) is 2.08. The molecule has 17 heavy (non-hydrogen) atoms. The van der Waals surface area contributed by atoms with Crippen LogP contribution in [-0.4, -0.2) is 9.91 Å². The zero-order chi connectivity index (χ0) is 12.4. The van der Waals surface area contributed by atoms with E-state index in [0.29, 0.717) is 5.69 Å². The minimum absolute atomic E-state index is 0.0491. The molecular formula is C10H6ClFN2O3. The molecule has 7 heteroatoms. The van der Waals surface area contributed by atoms with E-state index in [-0.39, 0.29) is 23.0 Å². The predicted octanol–water partition coefficient (Wildman–Crippen LogP) is 3.13. The first-order valence-electron chi connectivity index (χ1n) is 4.56. The van der Waals surface area contributed by atoms with Gasteiger partial charge >= 0.3 is 0 Å². The van der Waals surface area contributed by atoms with Crippen molar-refractivity contribution < 1.29 is 13.7 Å². The van der Waals surface area contributed by atoms with Crippen LogP contribution in [0.4, 0.5) is 10.1 Å². The van der Waals surface area contributed by atoms with Crippen LogP contribution in [0.5, 0.6) is 0 Å². The fourth-order valence-electron chi connectivity index (χ4n) is 1.28. The Morgan fingerprint density at radius 3 is 2.82 bits per heavy atom. The molecule has 0 amide bonds. The highest BCUT2D eigenvalue weighted by Crippen LogP contribution is 2.25. The van der Waals surface area contributed by atoms with Crippen LogP contribution >= 0.6 is 11.6 Å². The molecule has 0 saturated heterocycles. The Bertz CT molecular complexity index is 570. The highest BCUT2D eigenvalue weighted by Gasteiger charge is 2.15. The lowest BCUT2D eigenvalue weighted by molar-refractivity contribution is -0.385. The fraction of sp³-hybridized carbons (Fsp3) is 0.100. The van der Waals surface area contributed by atoms with Crippen LogP contribution in [0.1, 0.15) is 5.69 Å². The number of non-ortho nitro benzene ring substituents is 1. The largest absolute Gasteiger partial charge is 0.444 e. The molecule has 0 radical (unpaired) electrons. The molecular weight excluding hydrogens is 251 g/mol. The van der Waals surface area contributed by atoms with Gasteiger partial charge in [0.05, 0.1) is 28.1 Å². The number of hydrogen-bond donors (Lipinski definition) is 0. The van der Waals surface area contributed by atoms with Crippen LogP contribution in [0, 0.1) is 15.9 Å². The van der Waals surface area contributed by atoms with Crippen LogP contribution in [0.2, 0.25) is 0 Å². The molecule has 0 unspecified atom stereocenters. The Kier molecular flexibility index (Phi) is 3.06. The van der Waals surface area contributed by atoms with Gasteiger partial charge in [0.1, 0.15) is 12.1 Å². The van der Waals surface area contributed by atoms with Gasteiger partial charge in [0, 0.05) is 6.07 Å². The number of benzene rings is 1. The van der Waals surface area contributed by atoms with Gasteiger partial charge in [0.2, 0.25) is 5.89 Å². The monoisotopic (exact) mass is 256 g/mol. The maximum Gasteiger partial charge on any atom is 0.272 e. The maximum atomic E-state index is 13.6. The van der Waals surface area contributed by atoms with Crippen LogP contribution in [-0.2, 0) is 5.88 Å². The second-order valence-electron chi connectivity index (χ2n) is 3.20. The molecule has 2 aromatic rings. The third-order valence-corrected chi connectivity index (χ3v) is 2.36. The average Bonchev–Trinajstić information content (AvgIpc) is 2.77. The first-order chi connectivity index (χ1) is 8.11. The van der Waals surface area contributed by atoms with Gasteiger partial charge in [0.25, 0.3) is 5.69 Å². The molecule has 0 fully saturated rings. The highest BCUT2D eigenvalue weighted by molar-refractivity contribution is 6.16. The zero-order valence-corrected chi connectivity index (χ0v) is 9.15. The summed E-state index contributed by atoms with van der Waals surface area (Å²) in [6.45, 7) is 0. The van der Waals surface area contributed by atoms with Crippen LogP contribution in [0.15, 0.2) is 28.9 Å². The molecule has 0 spiro atoms. The van der Waals surface area contributed by atoms with Gasteiger partial charge in [-0.2, -0.15) is 0 Å². The van der Waals surface area contributed by atoms with E-state index in [1.807, 2.05) is 0 Å². The van der Waals surface area contributed by atoms with E-state index < -0.39 is 10.7 Å². The summed E-state index contributed by atoms with van der Waals surface area (Å²) < 4.78 is 18.6. The normalized spacial score (nSPS) is 10.5. The molecule has 0 aliphatic carbocycles. The van der Waals surface area contributed by atoms with Crippen molar-refractivity contribution in [3.63, 3.8) is 0 Å². The van der Waals surface area contributed by atoms with Crippen LogP contribution < -0.4 is 0 Å². The van der Waals surface area contributed by atoms with Crippen molar-refractivity contribution in [2.45, 2.75) is 5.88 Å². The van der Waals surface area contributed by atoms with Crippen molar-refractivity contribution in [2.24, 2.45) is 0 Å². The first-order valence-corrected chi connectivity index (χ1v) is 5.10. The molecule has 1 aromatic heterocycles. The molecule has 0 aliphatic heterocycles. The summed E-state index contributed by atoms with van der Waals surface area (Å²) in [6.07, 6.45) is 1.31. The van der Waals surface area contributed by atoms with E-state index in [1.165, 1.54) is 18.4 Å². The summed E-state index contributed by atoms with van der Waals surface area (Å²) in [5.41, 5.74) is 0.210. The Morgan fingerprint density at radius 1 is 1.53 bits per heavy atom. The van der Waals surface area contributed by atoms with E-state index in [1.54, 1.807) is 0 Å². The van der Waals surface area contributed by atoms with Crippen LogP contribution in [0.3, 0.4) is 0 Å². The fourth-order valence-corrected chi connectivity index (χ4v) is 1.41. The lowest BCUT2D eigenvalue weighted by Crippen LogP contribution is -1.91. The van der Waals surface area contributed by atoms with Gasteiger partial charge < -0.3 is 4.42 Å². The Morgan fingerprint density at radius 2 is 2.29 bits per heavy atom. The highest BCUT2D eigenvalue weighted by atomic mass is 35.5. The number of rotatable bonds is 3. The number of nitro groups is 1. The lowest BCUT2D eigenvalue weighted by atomic mass is 10.2. The topological polar surface area (TPSA) is 69.2 Å². The van der Waals surface area contributed by atoms with Gasteiger partial charge in [-0.1, -0.05) is 0 Å². The van der Waals surface area contributed by atoms with Crippen molar-refractivity contribution in [3.8, 4) is 11.5 Å². The summed E-state index contributed by atoms with van der Waals surface area (Å²) in [7, 11) is 0. The van der Waals surface area contributed by atoms with Crippen molar-refractivity contribution >= 4 is 17.3 Å². The van der Waals surface area contributed by atoms with Crippen LogP contribution in [0.25, 0.3) is 11.5 Å². The zero-order valence-electron chi connectivity index (χ0n) is 8.39. The standard InChI is InChI=1S/C10H6ClFN2O3/c11-4-6-5-17-10(13-6)8-2-1-7(14(15)16)3-9(8)12/h1-3,5H,4H2. The van der Waals surface area contributed by atoms with Crippen molar-refractivity contribution in [2.75, 3.05) is 0 Å². The second kappa shape index (κ2) is 4.50. The number of nitrogens with zero attached hydrogens (tertiary/aromatic N) is 2. The number of nitro benzene ring substituents is 1. The van der Waals surface area contributed by atoms with Crippen molar-refractivity contribution in [3.05, 3.63) is 46.1 Å². The SMILES string of the molecule is O=[N+]([O-])c1ccc(-c2nc(CCl)co2)c(F)c1. The molecule has 0 N–H and O–H groups in total. The third kappa shape index (κ3) is 2.26. The minimum Gasteiger partial charge on any atom is -0.444 e. The Balaban J connectivity index is 2.42. The molecule has 1 heterocycles. The summed E-state index contributed by atoms with van der Waals surface area (Å²) in [4.78, 5) is 13.7. The van der Waals surface area contributed by atoms with Crippen molar-refractivity contribution in [1.29, 1.82) is 0 Å². The van der Waals surface area contributed by atoms with Gasteiger partial charge in [-0.25, -0.2) is 9.37 Å². The van der Waals surface area contributed by atoms with E-state index in [4.69, 9.17) is 16.0 Å². The summed E-state index contributed by atoms with van der Waals surface area (Å²) in [5.74, 6) is -0.562. The second-order valence-corrected chi connectivity index (χ2v) is 3.47. The minimum atomic E-state index is -0.762. The number of alkyl halides is 1. The van der Waals surface area contributed by atoms with E-state index in [2.05, 4.69) is 4.98 Å². The molecule has 1 aromatic carbocycles. The van der Waals surface area contributed by atoms with Gasteiger partial charge in [-0.05, 0) is 6.07 Å². The smallest absolute Gasteiger partial charge is 0.272 e. The van der Waals surface area contributed by atoms with Crippen molar-refractivity contribution in [1.82, 2.24) is 4.98 Å². The van der Waals surface area contributed by atoms with E-state index >= 15 is 0 Å².